The Labute approximate surface area is 113 Å². The third-order valence-corrected chi connectivity index (χ3v) is 3.76. The Kier molecular flexibility index (Phi) is 2.97. The smallest absolute Gasteiger partial charge is 0.279 e. The van der Waals surface area contributed by atoms with Crippen LogP contribution in [0.25, 0.3) is 20.8 Å². The number of aromatic nitrogens is 2. The predicted octanol–water partition coefficient (Wildman–Crippen LogP) is 2.73. The Morgan fingerprint density at radius 2 is 2.11 bits per heavy atom. The Balaban J connectivity index is 2.26. The van der Waals surface area contributed by atoms with E-state index in [-0.39, 0.29) is 5.56 Å². The van der Waals surface area contributed by atoms with Crippen LogP contribution in [-0.2, 0) is 0 Å². The van der Waals surface area contributed by atoms with E-state index in [0.717, 1.165) is 10.4 Å². The van der Waals surface area contributed by atoms with Crippen LogP contribution in [-0.4, -0.2) is 17.1 Å². The first kappa shape index (κ1) is 11.8. The minimum Gasteiger partial charge on any atom is -0.497 e. The summed E-state index contributed by atoms with van der Waals surface area (Å²) in [5, 5.41) is 1.22. The lowest BCUT2D eigenvalue weighted by atomic mass is 10.2. The number of pyridine rings is 1. The van der Waals surface area contributed by atoms with Gasteiger partial charge in [-0.2, -0.15) is 4.98 Å². The van der Waals surface area contributed by atoms with Crippen LogP contribution in [0.1, 0.15) is 0 Å². The number of rotatable bonds is 2. The summed E-state index contributed by atoms with van der Waals surface area (Å²) in [7, 11) is 1.60. The van der Waals surface area contributed by atoms with Crippen molar-refractivity contribution in [2.75, 3.05) is 7.11 Å². The molecule has 2 aromatic heterocycles. The van der Waals surface area contributed by atoms with Gasteiger partial charge in [-0.25, -0.2) is 0 Å². The van der Waals surface area contributed by atoms with Crippen LogP contribution in [0, 0.1) is 0 Å². The summed E-state index contributed by atoms with van der Waals surface area (Å²) < 4.78 is 6.02. The molecule has 0 aliphatic heterocycles. The highest BCUT2D eigenvalue weighted by atomic mass is 32.1. The van der Waals surface area contributed by atoms with E-state index in [2.05, 4.69) is 9.97 Å². The Bertz CT molecular complexity index is 784. The third-order valence-electron chi connectivity index (χ3n) is 2.71. The number of hydrogen-bond acceptors (Lipinski definition) is 5. The highest BCUT2D eigenvalue weighted by Gasteiger charge is 2.08. The minimum absolute atomic E-state index is 0.239. The molecule has 2 heterocycles. The molecule has 0 aliphatic rings. The van der Waals surface area contributed by atoms with Crippen LogP contribution >= 0.6 is 11.3 Å². The van der Waals surface area contributed by atoms with Gasteiger partial charge < -0.3 is 4.74 Å². The van der Waals surface area contributed by atoms with Crippen molar-refractivity contribution >= 4 is 21.4 Å². The number of methoxy groups -OCH3 is 1. The molecule has 4 nitrogen and oxygen atoms in total. The normalized spacial score (nSPS) is 10.6. The fourth-order valence-corrected chi connectivity index (χ4v) is 2.77. The number of ether oxygens (including phenoxy) is 1. The predicted molar refractivity (Wildman–Crippen MR) is 75.7 cm³/mol. The van der Waals surface area contributed by atoms with E-state index in [1.807, 2.05) is 24.3 Å². The molecule has 0 fully saturated rings. The van der Waals surface area contributed by atoms with Crippen molar-refractivity contribution in [1.82, 2.24) is 9.97 Å². The maximum Gasteiger partial charge on any atom is 0.279 e. The van der Waals surface area contributed by atoms with Gasteiger partial charge in [0.15, 0.2) is 0 Å². The molecule has 0 saturated carbocycles. The molecule has 5 heteroatoms. The summed E-state index contributed by atoms with van der Waals surface area (Å²) in [4.78, 5) is 20.3. The van der Waals surface area contributed by atoms with E-state index >= 15 is 0 Å². The highest BCUT2D eigenvalue weighted by Crippen LogP contribution is 2.27. The molecule has 3 aromatic rings. The van der Waals surface area contributed by atoms with E-state index in [9.17, 15) is 4.79 Å². The third kappa shape index (κ3) is 2.20. The maximum absolute atomic E-state index is 12.0. The van der Waals surface area contributed by atoms with Gasteiger partial charge in [0.05, 0.1) is 18.2 Å². The fraction of sp³-hybridized carbons (Fsp3) is 0.0714. The van der Waals surface area contributed by atoms with Gasteiger partial charge in [0, 0.05) is 10.9 Å². The molecule has 3 rings (SSSR count). The Morgan fingerprint density at radius 1 is 1.21 bits per heavy atom. The van der Waals surface area contributed by atoms with Gasteiger partial charge in [0.25, 0.3) is 5.56 Å². The van der Waals surface area contributed by atoms with Crippen molar-refractivity contribution < 1.29 is 4.74 Å². The lowest BCUT2D eigenvalue weighted by Gasteiger charge is -2.03. The minimum atomic E-state index is -0.239. The molecule has 0 bridgehead atoms. The van der Waals surface area contributed by atoms with Gasteiger partial charge in [-0.15, -0.1) is 11.3 Å². The molecular weight excluding hydrogens is 260 g/mol. The van der Waals surface area contributed by atoms with Crippen molar-refractivity contribution in [3.8, 4) is 16.5 Å². The first-order valence-electron chi connectivity index (χ1n) is 5.68. The highest BCUT2D eigenvalue weighted by molar-refractivity contribution is 7.21. The SMILES string of the molecule is COc1ccc2c(=O)nc(-c3ccccn3)sc2c1. The number of benzene rings is 1. The van der Waals surface area contributed by atoms with Crippen molar-refractivity contribution in [2.24, 2.45) is 0 Å². The zero-order valence-corrected chi connectivity index (χ0v) is 11.0. The number of nitrogens with zero attached hydrogens (tertiary/aromatic N) is 2. The summed E-state index contributed by atoms with van der Waals surface area (Å²) in [6, 6.07) is 10.9. The molecule has 0 saturated heterocycles. The summed E-state index contributed by atoms with van der Waals surface area (Å²) in [5.41, 5.74) is 0.464. The van der Waals surface area contributed by atoms with Crippen molar-refractivity contribution in [3.05, 3.63) is 52.9 Å². The number of hydrogen-bond donors (Lipinski definition) is 0. The molecule has 0 atom stereocenters. The molecule has 0 N–H and O–H groups in total. The van der Waals surface area contributed by atoms with Gasteiger partial charge in [0.2, 0.25) is 0 Å². The van der Waals surface area contributed by atoms with Crippen LogP contribution in [0.5, 0.6) is 5.75 Å². The molecule has 1 aromatic carbocycles. The van der Waals surface area contributed by atoms with E-state index in [1.54, 1.807) is 25.4 Å². The average molecular weight is 270 g/mol. The van der Waals surface area contributed by atoms with E-state index in [1.165, 1.54) is 11.3 Å². The second-order valence-corrected chi connectivity index (χ2v) is 4.93. The van der Waals surface area contributed by atoms with Crippen molar-refractivity contribution in [3.63, 3.8) is 0 Å². The van der Waals surface area contributed by atoms with E-state index in [0.29, 0.717) is 16.1 Å². The largest absolute Gasteiger partial charge is 0.497 e. The zero-order chi connectivity index (χ0) is 13.2. The summed E-state index contributed by atoms with van der Waals surface area (Å²) in [6.45, 7) is 0. The monoisotopic (exact) mass is 270 g/mol. The van der Waals surface area contributed by atoms with Gasteiger partial charge in [-0.3, -0.25) is 9.78 Å². The van der Waals surface area contributed by atoms with E-state index in [4.69, 9.17) is 4.74 Å². The second kappa shape index (κ2) is 4.78. The average Bonchev–Trinajstić information content (AvgIpc) is 2.47. The van der Waals surface area contributed by atoms with Gasteiger partial charge >= 0.3 is 0 Å². The molecular formula is C14H10N2O2S. The first-order valence-corrected chi connectivity index (χ1v) is 6.50. The molecule has 0 radical (unpaired) electrons. The van der Waals surface area contributed by atoms with Gasteiger partial charge in [0.1, 0.15) is 10.8 Å². The van der Waals surface area contributed by atoms with Crippen LogP contribution in [0.15, 0.2) is 47.4 Å². The van der Waals surface area contributed by atoms with Gasteiger partial charge in [-0.05, 0) is 30.3 Å². The van der Waals surface area contributed by atoms with E-state index < -0.39 is 0 Å². The summed E-state index contributed by atoms with van der Waals surface area (Å²) in [6.07, 6.45) is 1.68. The standard InChI is InChI=1S/C14H10N2O2S/c1-18-9-5-6-10-12(8-9)19-14(16-13(10)17)11-4-2-3-7-15-11/h2-8H,1H3. The first-order chi connectivity index (χ1) is 9.28. The molecule has 0 aliphatic carbocycles. The topological polar surface area (TPSA) is 52.1 Å². The summed E-state index contributed by atoms with van der Waals surface area (Å²) >= 11 is 1.43. The zero-order valence-electron chi connectivity index (χ0n) is 10.2. The second-order valence-electron chi connectivity index (χ2n) is 3.90. The quantitative estimate of drug-likeness (QED) is 0.718. The maximum atomic E-state index is 12.0. The molecule has 0 unspecified atom stereocenters. The van der Waals surface area contributed by atoms with Crippen molar-refractivity contribution in [1.29, 1.82) is 0 Å². The molecule has 19 heavy (non-hydrogen) atoms. The Morgan fingerprint density at radius 3 is 2.84 bits per heavy atom. The van der Waals surface area contributed by atoms with Crippen LogP contribution in [0.4, 0.5) is 0 Å². The molecule has 94 valence electrons. The number of fused-ring (bicyclic) bond motifs is 1. The lowest BCUT2D eigenvalue weighted by Crippen LogP contribution is -2.06. The van der Waals surface area contributed by atoms with Crippen LogP contribution in [0.3, 0.4) is 0 Å². The van der Waals surface area contributed by atoms with Crippen molar-refractivity contribution in [2.45, 2.75) is 0 Å². The molecule has 0 spiro atoms. The Hall–Kier alpha value is -2.27. The summed E-state index contributed by atoms with van der Waals surface area (Å²) in [5.74, 6) is 0.723. The van der Waals surface area contributed by atoms with Crippen LogP contribution in [0.2, 0.25) is 0 Å². The van der Waals surface area contributed by atoms with Crippen LogP contribution < -0.4 is 10.3 Å². The fourth-order valence-electron chi connectivity index (χ4n) is 1.77. The van der Waals surface area contributed by atoms with Gasteiger partial charge in [-0.1, -0.05) is 6.07 Å². The molecule has 0 amide bonds. The lowest BCUT2D eigenvalue weighted by molar-refractivity contribution is 0.415.